The first kappa shape index (κ1) is 27.0. The van der Waals surface area contributed by atoms with Crippen LogP contribution in [0.2, 0.25) is 0 Å². The topological polar surface area (TPSA) is 70.8 Å². The number of carbonyl (C=O) groups is 1. The number of hydrogen-bond acceptors (Lipinski definition) is 6. The monoisotopic (exact) mass is 513 g/mol. The Balaban J connectivity index is 1.31. The van der Waals surface area contributed by atoms with Gasteiger partial charge in [0.25, 0.3) is 0 Å². The molecule has 3 aromatic carbocycles. The molecule has 0 amide bonds. The first-order chi connectivity index (χ1) is 18.4. The van der Waals surface area contributed by atoms with E-state index in [2.05, 4.69) is 17.1 Å². The van der Waals surface area contributed by atoms with Crippen molar-refractivity contribution in [2.24, 2.45) is 0 Å². The molecule has 0 aliphatic rings. The van der Waals surface area contributed by atoms with E-state index in [-0.39, 0.29) is 0 Å². The van der Waals surface area contributed by atoms with E-state index in [1.54, 1.807) is 13.8 Å². The molecule has 4 aromatic rings. The van der Waals surface area contributed by atoms with Crippen molar-refractivity contribution in [2.75, 3.05) is 13.2 Å². The van der Waals surface area contributed by atoms with Gasteiger partial charge < -0.3 is 18.6 Å². The van der Waals surface area contributed by atoms with Gasteiger partial charge in [0.05, 0.1) is 18.9 Å². The molecule has 0 fully saturated rings. The zero-order valence-corrected chi connectivity index (χ0v) is 22.3. The van der Waals surface area contributed by atoms with Gasteiger partial charge in [-0.25, -0.2) is 9.78 Å². The van der Waals surface area contributed by atoms with Gasteiger partial charge in [-0.2, -0.15) is 0 Å². The maximum Gasteiger partial charge on any atom is 0.350 e. The minimum atomic E-state index is -1.15. The van der Waals surface area contributed by atoms with Gasteiger partial charge in [0.2, 0.25) is 5.60 Å². The van der Waals surface area contributed by atoms with Crippen LogP contribution in [0.25, 0.3) is 0 Å². The van der Waals surface area contributed by atoms with Crippen molar-refractivity contribution < 1.29 is 23.4 Å². The Labute approximate surface area is 224 Å². The molecule has 0 aliphatic heterocycles. The third kappa shape index (κ3) is 7.48. The van der Waals surface area contributed by atoms with Crippen molar-refractivity contribution in [3.8, 4) is 11.5 Å². The van der Waals surface area contributed by atoms with Crippen LogP contribution in [0.4, 0.5) is 0 Å². The predicted octanol–water partition coefficient (Wildman–Crippen LogP) is 6.33. The summed E-state index contributed by atoms with van der Waals surface area (Å²) in [5.74, 6) is 2.57. The van der Waals surface area contributed by atoms with Crippen LogP contribution in [0.1, 0.15) is 42.3 Å². The highest BCUT2D eigenvalue weighted by Gasteiger charge is 2.37. The largest absolute Gasteiger partial charge is 0.493 e. The quantitative estimate of drug-likeness (QED) is 0.195. The summed E-state index contributed by atoms with van der Waals surface area (Å²) in [4.78, 5) is 17.4. The van der Waals surface area contributed by atoms with Gasteiger partial charge in [0.15, 0.2) is 5.89 Å². The van der Waals surface area contributed by atoms with Crippen LogP contribution in [0.3, 0.4) is 0 Å². The minimum Gasteiger partial charge on any atom is -0.493 e. The molecule has 1 aromatic heterocycles. The van der Waals surface area contributed by atoms with E-state index in [4.69, 9.17) is 18.6 Å². The zero-order valence-electron chi connectivity index (χ0n) is 22.3. The fraction of sp³-hybridized carbons (Fsp3) is 0.312. The second-order valence-corrected chi connectivity index (χ2v) is 9.38. The number of esters is 1. The molecular formula is C32H35NO5. The summed E-state index contributed by atoms with van der Waals surface area (Å²) in [5.41, 5.74) is 1.99. The maximum atomic E-state index is 12.8. The van der Waals surface area contributed by atoms with Crippen LogP contribution >= 0.6 is 0 Å². The first-order valence-corrected chi connectivity index (χ1v) is 13.1. The molecule has 0 bridgehead atoms. The molecule has 0 saturated heterocycles. The first-order valence-electron chi connectivity index (χ1n) is 13.1. The van der Waals surface area contributed by atoms with Crippen LogP contribution < -0.4 is 9.47 Å². The van der Waals surface area contributed by atoms with Crippen LogP contribution in [0.15, 0.2) is 89.3 Å². The van der Waals surface area contributed by atoms with Crippen molar-refractivity contribution in [3.05, 3.63) is 113 Å². The second-order valence-electron chi connectivity index (χ2n) is 9.38. The molecule has 1 unspecified atom stereocenters. The smallest absolute Gasteiger partial charge is 0.350 e. The van der Waals surface area contributed by atoms with Crippen LogP contribution in [-0.4, -0.2) is 29.8 Å². The van der Waals surface area contributed by atoms with Crippen molar-refractivity contribution in [1.29, 1.82) is 0 Å². The number of ether oxygens (including phenoxy) is 3. The number of rotatable bonds is 13. The van der Waals surface area contributed by atoms with Gasteiger partial charge in [-0.15, -0.1) is 0 Å². The fourth-order valence-corrected chi connectivity index (χ4v) is 4.26. The van der Waals surface area contributed by atoms with Crippen molar-refractivity contribution in [2.45, 2.75) is 52.1 Å². The number of carbonyl (C=O) groups excluding carboxylic acids is 1. The number of benzene rings is 3. The van der Waals surface area contributed by atoms with Crippen LogP contribution in [0.5, 0.6) is 11.5 Å². The normalized spacial score (nSPS) is 12.5. The third-order valence-corrected chi connectivity index (χ3v) is 6.27. The lowest BCUT2D eigenvalue weighted by atomic mass is 9.96. The van der Waals surface area contributed by atoms with E-state index in [1.807, 2.05) is 79.7 Å². The fourth-order valence-electron chi connectivity index (χ4n) is 4.26. The van der Waals surface area contributed by atoms with Crippen LogP contribution in [0, 0.1) is 6.92 Å². The molecule has 0 radical (unpaired) electrons. The summed E-state index contributed by atoms with van der Waals surface area (Å²) >= 11 is 0. The summed E-state index contributed by atoms with van der Waals surface area (Å²) in [6.07, 6.45) is 2.69. The molecule has 1 atom stereocenters. The lowest BCUT2D eigenvalue weighted by molar-refractivity contribution is -0.160. The highest BCUT2D eigenvalue weighted by atomic mass is 16.6. The molecule has 1 heterocycles. The summed E-state index contributed by atoms with van der Waals surface area (Å²) in [5, 5.41) is 0. The molecule has 6 heteroatoms. The molecule has 198 valence electrons. The second kappa shape index (κ2) is 13.0. The number of aromatic nitrogens is 1. The molecule has 0 N–H and O–H groups in total. The van der Waals surface area contributed by atoms with Gasteiger partial charge in [-0.05, 0) is 62.6 Å². The highest BCUT2D eigenvalue weighted by Crippen LogP contribution is 2.25. The Morgan fingerprint density at radius 3 is 2.21 bits per heavy atom. The summed E-state index contributed by atoms with van der Waals surface area (Å²) in [7, 11) is 0. The van der Waals surface area contributed by atoms with Gasteiger partial charge in [0, 0.05) is 19.3 Å². The Bertz CT molecular complexity index is 1280. The molecule has 0 saturated carbocycles. The molecule has 0 spiro atoms. The standard InChI is InChI=1S/C32H35NO5/c1-4-35-31(34)32(3,38-28-13-9-6-10-14-28)23-26-15-18-27(19-16-26)36-22-21-29-24(2)37-30(33-29)20-17-25-11-7-5-8-12-25/h5-16,18-19H,4,17,20-23H2,1-3H3. The average Bonchev–Trinajstić information content (AvgIpc) is 3.29. The Morgan fingerprint density at radius 1 is 0.842 bits per heavy atom. The lowest BCUT2D eigenvalue weighted by Crippen LogP contribution is -2.45. The lowest BCUT2D eigenvalue weighted by Gasteiger charge is -2.28. The number of oxazole rings is 1. The van der Waals surface area contributed by atoms with Crippen molar-refractivity contribution >= 4 is 5.97 Å². The van der Waals surface area contributed by atoms with Crippen molar-refractivity contribution in [3.63, 3.8) is 0 Å². The number of hydrogen-bond donors (Lipinski definition) is 0. The summed E-state index contributed by atoms with van der Waals surface area (Å²) in [6.45, 7) is 6.28. The molecule has 0 aliphatic carbocycles. The van der Waals surface area contributed by atoms with Gasteiger partial charge >= 0.3 is 5.97 Å². The number of aryl methyl sites for hydroxylation is 3. The molecule has 6 nitrogen and oxygen atoms in total. The van der Waals surface area contributed by atoms with Gasteiger partial charge in [-0.1, -0.05) is 60.7 Å². The number of para-hydroxylation sites is 1. The Kier molecular flexibility index (Phi) is 9.20. The van der Waals surface area contributed by atoms with E-state index in [9.17, 15) is 4.79 Å². The molecular weight excluding hydrogens is 478 g/mol. The third-order valence-electron chi connectivity index (χ3n) is 6.27. The highest BCUT2D eigenvalue weighted by molar-refractivity contribution is 5.80. The summed E-state index contributed by atoms with van der Waals surface area (Å²) in [6, 6.07) is 27.4. The Hall–Kier alpha value is -4.06. The van der Waals surface area contributed by atoms with Crippen molar-refractivity contribution in [1.82, 2.24) is 4.98 Å². The Morgan fingerprint density at radius 2 is 1.53 bits per heavy atom. The maximum absolute atomic E-state index is 12.8. The van der Waals surface area contributed by atoms with E-state index in [0.717, 1.165) is 41.5 Å². The minimum absolute atomic E-state index is 0.291. The molecule has 38 heavy (non-hydrogen) atoms. The number of nitrogens with zero attached hydrogens (tertiary/aromatic N) is 1. The van der Waals surface area contributed by atoms with E-state index < -0.39 is 11.6 Å². The zero-order chi connectivity index (χ0) is 26.8. The summed E-state index contributed by atoms with van der Waals surface area (Å²) < 4.78 is 23.2. The van der Waals surface area contributed by atoms with Gasteiger partial charge in [-0.3, -0.25) is 0 Å². The van der Waals surface area contributed by atoms with Gasteiger partial charge in [0.1, 0.15) is 17.3 Å². The van der Waals surface area contributed by atoms with Crippen LogP contribution in [-0.2, 0) is 35.2 Å². The van der Waals surface area contributed by atoms with E-state index in [0.29, 0.717) is 31.8 Å². The molecule has 4 rings (SSSR count). The predicted molar refractivity (Wildman–Crippen MR) is 147 cm³/mol. The van der Waals surface area contributed by atoms with E-state index >= 15 is 0 Å². The SMILES string of the molecule is CCOC(=O)C(C)(Cc1ccc(OCCc2nc(CCc3ccccc3)oc2C)cc1)Oc1ccccc1. The average molecular weight is 514 g/mol. The van der Waals surface area contributed by atoms with E-state index in [1.165, 1.54) is 5.56 Å².